The van der Waals surface area contributed by atoms with Gasteiger partial charge in [-0.1, -0.05) is 57.4 Å². The molecule has 0 aromatic rings. The van der Waals surface area contributed by atoms with Crippen LogP contribution in [-0.2, 0) is 9.53 Å². The minimum atomic E-state index is -1.03. The Hall–Kier alpha value is -1.56. The molecular formula is C26H48N2O4. The molecule has 32 heavy (non-hydrogen) atoms. The van der Waals surface area contributed by atoms with Crippen molar-refractivity contribution in [1.29, 1.82) is 0 Å². The van der Waals surface area contributed by atoms with Gasteiger partial charge >= 0.3 is 12.1 Å². The third-order valence-corrected chi connectivity index (χ3v) is 6.07. The lowest BCUT2D eigenvalue weighted by Gasteiger charge is -2.30. The Bertz CT molecular complexity index is 516. The molecule has 1 atom stereocenters. The summed E-state index contributed by atoms with van der Waals surface area (Å²) in [6, 6.07) is 0.854. The number of allylic oxidation sites excluding steroid dienone is 1. The van der Waals surface area contributed by atoms with Crippen LogP contribution >= 0.6 is 0 Å². The maximum atomic E-state index is 11.5. The van der Waals surface area contributed by atoms with Crippen molar-refractivity contribution in [3.63, 3.8) is 0 Å². The second-order valence-electron chi connectivity index (χ2n) is 10.3. The van der Waals surface area contributed by atoms with Gasteiger partial charge in [0, 0.05) is 12.1 Å². The Balaban J connectivity index is 0.000000339. The van der Waals surface area contributed by atoms with Crippen LogP contribution in [0.5, 0.6) is 0 Å². The zero-order valence-electron chi connectivity index (χ0n) is 20.8. The van der Waals surface area contributed by atoms with Crippen molar-refractivity contribution in [3.05, 3.63) is 12.7 Å². The van der Waals surface area contributed by atoms with Gasteiger partial charge in [-0.3, -0.25) is 0 Å². The number of carboxylic acids is 1. The number of carbonyl (C=O) groups excluding carboxylic acids is 1. The summed E-state index contributed by atoms with van der Waals surface area (Å²) in [6.07, 6.45) is 19.7. The largest absolute Gasteiger partial charge is 0.480 e. The van der Waals surface area contributed by atoms with Gasteiger partial charge in [-0.2, -0.15) is 0 Å². The van der Waals surface area contributed by atoms with Crippen molar-refractivity contribution >= 4 is 12.1 Å². The fraction of sp³-hybridized carbons (Fsp3) is 0.846. The SMILES string of the molecule is C1CCC(NC2CCCCC2)CC1.C=CCCCCCC(NC(=O)OC(C)(C)C)C(=O)O. The molecule has 2 rings (SSSR count). The number of hydrogen-bond donors (Lipinski definition) is 3. The fourth-order valence-electron chi connectivity index (χ4n) is 4.39. The van der Waals surface area contributed by atoms with Gasteiger partial charge in [0.15, 0.2) is 0 Å². The van der Waals surface area contributed by atoms with E-state index in [1.54, 1.807) is 20.8 Å². The van der Waals surface area contributed by atoms with Crippen LogP contribution in [0.15, 0.2) is 12.7 Å². The number of amides is 1. The van der Waals surface area contributed by atoms with Gasteiger partial charge in [-0.25, -0.2) is 9.59 Å². The third-order valence-electron chi connectivity index (χ3n) is 6.07. The lowest BCUT2D eigenvalue weighted by atomic mass is 9.91. The van der Waals surface area contributed by atoms with E-state index in [0.29, 0.717) is 6.42 Å². The van der Waals surface area contributed by atoms with Crippen LogP contribution in [0.4, 0.5) is 4.79 Å². The lowest BCUT2D eigenvalue weighted by Crippen LogP contribution is -2.43. The maximum Gasteiger partial charge on any atom is 0.408 e. The molecule has 0 radical (unpaired) electrons. The molecule has 186 valence electrons. The molecule has 0 saturated heterocycles. The first-order chi connectivity index (χ1) is 15.2. The molecule has 0 aromatic heterocycles. The average Bonchev–Trinajstić information content (AvgIpc) is 2.73. The maximum absolute atomic E-state index is 11.5. The Morgan fingerprint density at radius 1 is 0.969 bits per heavy atom. The first-order valence-corrected chi connectivity index (χ1v) is 12.8. The molecule has 2 fully saturated rings. The summed E-state index contributed by atoms with van der Waals surface area (Å²) in [5.74, 6) is -1.03. The third kappa shape index (κ3) is 14.5. The highest BCUT2D eigenvalue weighted by molar-refractivity contribution is 5.79. The lowest BCUT2D eigenvalue weighted by molar-refractivity contribution is -0.139. The van der Waals surface area contributed by atoms with Crippen LogP contribution in [-0.4, -0.2) is 40.9 Å². The van der Waals surface area contributed by atoms with Crippen LogP contribution < -0.4 is 10.6 Å². The van der Waals surface area contributed by atoms with Crippen molar-refractivity contribution in [2.24, 2.45) is 0 Å². The van der Waals surface area contributed by atoms with Crippen molar-refractivity contribution in [2.45, 2.75) is 141 Å². The number of aliphatic carboxylic acids is 1. The smallest absolute Gasteiger partial charge is 0.408 e. The minimum absolute atomic E-state index is 0.408. The second-order valence-corrected chi connectivity index (χ2v) is 10.3. The molecular weight excluding hydrogens is 404 g/mol. The molecule has 2 aliphatic rings. The van der Waals surface area contributed by atoms with E-state index in [2.05, 4.69) is 17.2 Å². The zero-order valence-corrected chi connectivity index (χ0v) is 20.8. The van der Waals surface area contributed by atoms with Crippen LogP contribution in [0.1, 0.15) is 117 Å². The first-order valence-electron chi connectivity index (χ1n) is 12.8. The van der Waals surface area contributed by atoms with Crippen LogP contribution in [0.25, 0.3) is 0 Å². The molecule has 6 heteroatoms. The summed E-state index contributed by atoms with van der Waals surface area (Å²) in [5, 5.41) is 15.3. The summed E-state index contributed by atoms with van der Waals surface area (Å²) in [4.78, 5) is 22.5. The zero-order chi connectivity index (χ0) is 23.8. The van der Waals surface area contributed by atoms with Gasteiger partial charge < -0.3 is 20.5 Å². The highest BCUT2D eigenvalue weighted by Crippen LogP contribution is 2.22. The second kappa shape index (κ2) is 16.1. The van der Waals surface area contributed by atoms with Gasteiger partial charge in [-0.15, -0.1) is 6.58 Å². The van der Waals surface area contributed by atoms with Crippen molar-refractivity contribution < 1.29 is 19.4 Å². The first kappa shape index (κ1) is 28.5. The molecule has 2 saturated carbocycles. The highest BCUT2D eigenvalue weighted by Gasteiger charge is 2.23. The summed E-state index contributed by atoms with van der Waals surface area (Å²) < 4.78 is 5.04. The van der Waals surface area contributed by atoms with E-state index in [1.807, 2.05) is 6.08 Å². The topological polar surface area (TPSA) is 87.7 Å². The van der Waals surface area contributed by atoms with Gasteiger partial charge in [0.2, 0.25) is 0 Å². The van der Waals surface area contributed by atoms with E-state index in [0.717, 1.165) is 37.8 Å². The molecule has 1 unspecified atom stereocenters. The van der Waals surface area contributed by atoms with Gasteiger partial charge in [0.05, 0.1) is 0 Å². The quantitative estimate of drug-likeness (QED) is 0.266. The predicted octanol–water partition coefficient (Wildman–Crippen LogP) is 6.34. The summed E-state index contributed by atoms with van der Waals surface area (Å²) in [7, 11) is 0. The Kier molecular flexibility index (Phi) is 14.3. The van der Waals surface area contributed by atoms with E-state index < -0.39 is 23.7 Å². The summed E-state index contributed by atoms with van der Waals surface area (Å²) >= 11 is 0. The number of alkyl carbamates (subject to hydrolysis) is 1. The van der Waals surface area contributed by atoms with Crippen LogP contribution in [0.2, 0.25) is 0 Å². The Morgan fingerprint density at radius 2 is 1.50 bits per heavy atom. The molecule has 2 aliphatic carbocycles. The fourth-order valence-corrected chi connectivity index (χ4v) is 4.39. The monoisotopic (exact) mass is 452 g/mol. The van der Waals surface area contributed by atoms with Crippen molar-refractivity contribution in [1.82, 2.24) is 10.6 Å². The van der Waals surface area contributed by atoms with E-state index in [1.165, 1.54) is 64.2 Å². The Morgan fingerprint density at radius 3 is 1.94 bits per heavy atom. The summed E-state index contributed by atoms with van der Waals surface area (Å²) in [6.45, 7) is 8.83. The van der Waals surface area contributed by atoms with Gasteiger partial charge in [0.25, 0.3) is 0 Å². The van der Waals surface area contributed by atoms with Gasteiger partial charge in [-0.05, 0) is 65.7 Å². The van der Waals surface area contributed by atoms with Gasteiger partial charge in [0.1, 0.15) is 11.6 Å². The van der Waals surface area contributed by atoms with Crippen molar-refractivity contribution in [3.8, 4) is 0 Å². The number of rotatable bonds is 10. The summed E-state index contributed by atoms with van der Waals surface area (Å²) in [5.41, 5.74) is -0.628. The number of ether oxygens (including phenoxy) is 1. The molecule has 0 spiro atoms. The van der Waals surface area contributed by atoms with E-state index in [9.17, 15) is 9.59 Å². The van der Waals surface area contributed by atoms with E-state index in [4.69, 9.17) is 9.84 Å². The number of unbranched alkanes of at least 4 members (excludes halogenated alkanes) is 3. The van der Waals surface area contributed by atoms with Crippen LogP contribution in [0, 0.1) is 0 Å². The number of hydrogen-bond acceptors (Lipinski definition) is 4. The highest BCUT2D eigenvalue weighted by atomic mass is 16.6. The minimum Gasteiger partial charge on any atom is -0.480 e. The molecule has 6 nitrogen and oxygen atoms in total. The standard InChI is InChI=1S/C14H25NO4.C12H23N/c1-5-6-7-8-9-10-11(12(16)17)15-13(18)19-14(2,3)4;1-3-7-11(8-4-1)13-12-9-5-2-6-10-12/h5,11H,1,6-10H2,2-4H3,(H,15,18)(H,16,17);11-13H,1-10H2. The van der Waals surface area contributed by atoms with E-state index in [-0.39, 0.29) is 0 Å². The number of nitrogens with one attached hydrogen (secondary N) is 2. The van der Waals surface area contributed by atoms with Crippen LogP contribution in [0.3, 0.4) is 0 Å². The number of carbonyl (C=O) groups is 2. The normalized spacial score (nSPS) is 18.7. The average molecular weight is 453 g/mol. The molecule has 0 aliphatic heterocycles. The van der Waals surface area contributed by atoms with Crippen molar-refractivity contribution in [2.75, 3.05) is 0 Å². The Labute approximate surface area is 195 Å². The molecule has 0 aromatic carbocycles. The molecule has 0 heterocycles. The molecule has 0 bridgehead atoms. The van der Waals surface area contributed by atoms with E-state index >= 15 is 0 Å². The predicted molar refractivity (Wildman–Crippen MR) is 131 cm³/mol. The molecule has 1 amide bonds. The number of carboxylic acid groups (broad SMARTS) is 1. The molecule has 3 N–H and O–H groups in total.